The summed E-state index contributed by atoms with van der Waals surface area (Å²) in [5, 5.41) is 2.77. The second-order valence-electron chi connectivity index (χ2n) is 3.75. The molecule has 0 aromatic heterocycles. The fourth-order valence-electron chi connectivity index (χ4n) is 1.50. The van der Waals surface area contributed by atoms with E-state index in [2.05, 4.69) is 10.1 Å². The van der Waals surface area contributed by atoms with E-state index in [1.807, 2.05) is 13.0 Å². The first kappa shape index (κ1) is 14.0. The van der Waals surface area contributed by atoms with E-state index in [0.717, 1.165) is 0 Å². The average molecular weight is 247 g/mol. The van der Waals surface area contributed by atoms with Gasteiger partial charge in [0.05, 0.1) is 19.6 Å². The fraction of sp³-hybridized carbons (Fsp3) is 0.286. The van der Waals surface area contributed by atoms with Gasteiger partial charge in [-0.3, -0.25) is 9.59 Å². The van der Waals surface area contributed by atoms with Gasteiger partial charge in [-0.05, 0) is 19.1 Å². The Kier molecular flexibility index (Phi) is 5.64. The highest BCUT2D eigenvalue weighted by Crippen LogP contribution is 2.02. The van der Waals surface area contributed by atoms with Crippen molar-refractivity contribution in [2.24, 2.45) is 0 Å². The first-order valence-electron chi connectivity index (χ1n) is 5.73. The van der Waals surface area contributed by atoms with Crippen LogP contribution in [0.5, 0.6) is 0 Å². The number of ether oxygens (including phenoxy) is 1. The zero-order valence-corrected chi connectivity index (χ0v) is 10.6. The Balaban J connectivity index is 2.66. The number of rotatable bonds is 5. The van der Waals surface area contributed by atoms with Crippen molar-refractivity contribution in [3.63, 3.8) is 0 Å². The summed E-state index contributed by atoms with van der Waals surface area (Å²) in [7, 11) is 1.33. The van der Waals surface area contributed by atoms with Crippen molar-refractivity contribution in [2.45, 2.75) is 19.4 Å². The van der Waals surface area contributed by atoms with Crippen LogP contribution in [0.3, 0.4) is 0 Å². The van der Waals surface area contributed by atoms with E-state index in [-0.39, 0.29) is 24.3 Å². The van der Waals surface area contributed by atoms with Gasteiger partial charge in [0.25, 0.3) is 5.91 Å². The Bertz CT molecular complexity index is 426. The first-order valence-corrected chi connectivity index (χ1v) is 5.73. The summed E-state index contributed by atoms with van der Waals surface area (Å²) >= 11 is 0. The van der Waals surface area contributed by atoms with Crippen LogP contribution in [0, 0.1) is 0 Å². The Morgan fingerprint density at radius 2 is 2.00 bits per heavy atom. The molecule has 1 amide bonds. The van der Waals surface area contributed by atoms with E-state index < -0.39 is 0 Å². The van der Waals surface area contributed by atoms with E-state index in [1.165, 1.54) is 7.11 Å². The number of hydrogen-bond donors (Lipinski definition) is 1. The van der Waals surface area contributed by atoms with Crippen molar-refractivity contribution >= 4 is 11.9 Å². The number of carbonyl (C=O) groups is 2. The van der Waals surface area contributed by atoms with E-state index in [9.17, 15) is 9.59 Å². The molecule has 0 saturated heterocycles. The van der Waals surface area contributed by atoms with Crippen LogP contribution >= 0.6 is 0 Å². The lowest BCUT2D eigenvalue weighted by Gasteiger charge is -2.13. The third-order valence-electron chi connectivity index (χ3n) is 2.39. The lowest BCUT2D eigenvalue weighted by Crippen LogP contribution is -2.35. The lowest BCUT2D eigenvalue weighted by atomic mass is 10.1. The van der Waals surface area contributed by atoms with Crippen molar-refractivity contribution in [1.29, 1.82) is 0 Å². The Morgan fingerprint density at radius 3 is 2.56 bits per heavy atom. The van der Waals surface area contributed by atoms with Gasteiger partial charge >= 0.3 is 5.97 Å². The van der Waals surface area contributed by atoms with Gasteiger partial charge in [-0.25, -0.2) is 0 Å². The maximum atomic E-state index is 11.9. The van der Waals surface area contributed by atoms with E-state index in [0.29, 0.717) is 5.56 Å². The molecule has 0 aliphatic rings. The van der Waals surface area contributed by atoms with Crippen LogP contribution in [0.4, 0.5) is 0 Å². The van der Waals surface area contributed by atoms with Gasteiger partial charge in [0.15, 0.2) is 0 Å². The number of carbonyl (C=O) groups excluding carboxylic acids is 2. The van der Waals surface area contributed by atoms with Crippen LogP contribution in [-0.2, 0) is 9.53 Å². The zero-order valence-electron chi connectivity index (χ0n) is 10.6. The molecule has 4 nitrogen and oxygen atoms in total. The van der Waals surface area contributed by atoms with Crippen LogP contribution < -0.4 is 5.32 Å². The van der Waals surface area contributed by atoms with E-state index >= 15 is 0 Å². The number of allylic oxidation sites excluding steroid dienone is 1. The normalized spacial score (nSPS) is 12.1. The molecule has 1 aromatic rings. The third kappa shape index (κ3) is 4.41. The second-order valence-corrected chi connectivity index (χ2v) is 3.75. The number of hydrogen-bond acceptors (Lipinski definition) is 3. The number of nitrogens with one attached hydrogen (secondary N) is 1. The number of esters is 1. The smallest absolute Gasteiger partial charge is 0.307 e. The highest BCUT2D eigenvalue weighted by Gasteiger charge is 2.14. The van der Waals surface area contributed by atoms with Gasteiger partial charge < -0.3 is 10.1 Å². The Morgan fingerprint density at radius 1 is 1.33 bits per heavy atom. The van der Waals surface area contributed by atoms with Crippen molar-refractivity contribution in [1.82, 2.24) is 5.32 Å². The summed E-state index contributed by atoms with van der Waals surface area (Å²) in [5.41, 5.74) is 0.567. The Hall–Kier alpha value is -2.10. The topological polar surface area (TPSA) is 55.4 Å². The van der Waals surface area contributed by atoms with Crippen molar-refractivity contribution < 1.29 is 14.3 Å². The molecule has 0 aliphatic heterocycles. The van der Waals surface area contributed by atoms with E-state index in [1.54, 1.807) is 36.4 Å². The van der Waals surface area contributed by atoms with E-state index in [4.69, 9.17) is 0 Å². The molecule has 1 atom stereocenters. The van der Waals surface area contributed by atoms with Crippen LogP contribution in [-0.4, -0.2) is 25.0 Å². The molecule has 18 heavy (non-hydrogen) atoms. The van der Waals surface area contributed by atoms with Gasteiger partial charge in [-0.1, -0.05) is 30.4 Å². The molecule has 1 aromatic carbocycles. The lowest BCUT2D eigenvalue weighted by molar-refractivity contribution is -0.140. The number of amides is 1. The largest absolute Gasteiger partial charge is 0.469 e. The standard InChI is InChI=1S/C14H17NO3/c1-3-7-12(10-13(16)18-2)15-14(17)11-8-5-4-6-9-11/h3-9,12H,10H2,1-2H3,(H,15,17)/b7-3+/t12-/m1/s1. The maximum absolute atomic E-state index is 11.9. The molecule has 4 heteroatoms. The van der Waals surface area contributed by atoms with Gasteiger partial charge in [0.2, 0.25) is 0 Å². The SMILES string of the molecule is C/C=C/[C@H](CC(=O)OC)NC(=O)c1ccccc1. The highest BCUT2D eigenvalue weighted by atomic mass is 16.5. The summed E-state index contributed by atoms with van der Waals surface area (Å²) in [6, 6.07) is 8.52. The minimum atomic E-state index is -0.355. The summed E-state index contributed by atoms with van der Waals surface area (Å²) in [6.45, 7) is 1.83. The second kappa shape index (κ2) is 7.27. The van der Waals surface area contributed by atoms with Gasteiger partial charge in [-0.15, -0.1) is 0 Å². The molecule has 1 rings (SSSR count). The van der Waals surface area contributed by atoms with Crippen molar-refractivity contribution in [3.05, 3.63) is 48.0 Å². The molecule has 0 fully saturated rings. The summed E-state index contributed by atoms with van der Waals surface area (Å²) < 4.78 is 4.59. The van der Waals surface area contributed by atoms with Crippen molar-refractivity contribution in [2.75, 3.05) is 7.11 Å². The molecule has 0 spiro atoms. The molecule has 96 valence electrons. The van der Waals surface area contributed by atoms with Crippen LogP contribution in [0.1, 0.15) is 23.7 Å². The van der Waals surface area contributed by atoms with Crippen LogP contribution in [0.25, 0.3) is 0 Å². The quantitative estimate of drug-likeness (QED) is 0.639. The predicted molar refractivity (Wildman–Crippen MR) is 69.1 cm³/mol. The highest BCUT2D eigenvalue weighted by molar-refractivity contribution is 5.94. The maximum Gasteiger partial charge on any atom is 0.307 e. The van der Waals surface area contributed by atoms with Crippen LogP contribution in [0.2, 0.25) is 0 Å². The fourth-order valence-corrected chi connectivity index (χ4v) is 1.50. The first-order chi connectivity index (χ1) is 8.67. The Labute approximate surface area is 107 Å². The van der Waals surface area contributed by atoms with Crippen molar-refractivity contribution in [3.8, 4) is 0 Å². The number of benzene rings is 1. The molecule has 0 aliphatic carbocycles. The molecule has 0 heterocycles. The average Bonchev–Trinajstić information content (AvgIpc) is 2.39. The summed E-state index contributed by atoms with van der Waals surface area (Å²) in [4.78, 5) is 23.1. The van der Waals surface area contributed by atoms with Crippen LogP contribution in [0.15, 0.2) is 42.5 Å². The van der Waals surface area contributed by atoms with Gasteiger partial charge in [0.1, 0.15) is 0 Å². The molecular weight excluding hydrogens is 230 g/mol. The summed E-state index contributed by atoms with van der Waals surface area (Å²) in [5.74, 6) is -0.561. The third-order valence-corrected chi connectivity index (χ3v) is 2.39. The molecule has 0 saturated carbocycles. The monoisotopic (exact) mass is 247 g/mol. The minimum absolute atomic E-state index is 0.124. The molecule has 0 unspecified atom stereocenters. The predicted octanol–water partition coefficient (Wildman–Crippen LogP) is 1.92. The molecule has 0 bridgehead atoms. The van der Waals surface area contributed by atoms with Gasteiger partial charge in [-0.2, -0.15) is 0 Å². The molecule has 0 radical (unpaired) electrons. The van der Waals surface area contributed by atoms with Gasteiger partial charge in [0, 0.05) is 5.56 Å². The minimum Gasteiger partial charge on any atom is -0.469 e. The number of methoxy groups -OCH3 is 1. The summed E-state index contributed by atoms with van der Waals surface area (Å²) in [6.07, 6.45) is 3.68. The molecule has 1 N–H and O–H groups in total. The molecular formula is C14H17NO3. The zero-order chi connectivity index (χ0) is 13.4.